The number of amides is 2. The van der Waals surface area contributed by atoms with E-state index < -0.39 is 0 Å². The molecule has 25 heavy (non-hydrogen) atoms. The first-order valence-electron chi connectivity index (χ1n) is 8.82. The van der Waals surface area contributed by atoms with Gasteiger partial charge in [-0.2, -0.15) is 0 Å². The zero-order chi connectivity index (χ0) is 17.6. The van der Waals surface area contributed by atoms with Gasteiger partial charge < -0.3 is 20.3 Å². The topological polar surface area (TPSA) is 73.9 Å². The molecule has 2 fully saturated rings. The minimum atomic E-state index is -0.280. The molecule has 0 bridgehead atoms. The van der Waals surface area contributed by atoms with Crippen LogP contribution in [0, 0.1) is 5.92 Å². The van der Waals surface area contributed by atoms with Crippen LogP contribution < -0.4 is 20.3 Å². The molecular formula is C18H26N4O3. The zero-order valence-corrected chi connectivity index (χ0v) is 14.7. The van der Waals surface area contributed by atoms with Crippen molar-refractivity contribution in [1.29, 1.82) is 0 Å². The summed E-state index contributed by atoms with van der Waals surface area (Å²) in [5, 5.41) is 6.29. The average molecular weight is 346 g/mol. The molecule has 0 radical (unpaired) electrons. The molecule has 0 aliphatic carbocycles. The SMILES string of the molecule is COc1ccc(N2CC(C(=O)NCCN3CCNCC3)CC2=O)cc1. The van der Waals surface area contributed by atoms with Crippen LogP contribution in [0.3, 0.4) is 0 Å². The van der Waals surface area contributed by atoms with Crippen LogP contribution in [0.15, 0.2) is 24.3 Å². The van der Waals surface area contributed by atoms with E-state index in [0.717, 1.165) is 44.2 Å². The van der Waals surface area contributed by atoms with Gasteiger partial charge in [0, 0.05) is 57.9 Å². The van der Waals surface area contributed by atoms with Gasteiger partial charge in [0.2, 0.25) is 11.8 Å². The summed E-state index contributed by atoms with van der Waals surface area (Å²) in [5.41, 5.74) is 0.807. The predicted molar refractivity (Wildman–Crippen MR) is 95.8 cm³/mol. The van der Waals surface area contributed by atoms with E-state index in [1.807, 2.05) is 24.3 Å². The largest absolute Gasteiger partial charge is 0.497 e. The van der Waals surface area contributed by atoms with Crippen molar-refractivity contribution >= 4 is 17.5 Å². The molecule has 7 heteroatoms. The van der Waals surface area contributed by atoms with E-state index in [-0.39, 0.29) is 24.2 Å². The Bertz CT molecular complexity index is 599. The fraction of sp³-hybridized carbons (Fsp3) is 0.556. The number of hydrogen-bond acceptors (Lipinski definition) is 5. The van der Waals surface area contributed by atoms with Crippen molar-refractivity contribution in [3.05, 3.63) is 24.3 Å². The maximum atomic E-state index is 12.4. The van der Waals surface area contributed by atoms with Gasteiger partial charge in [-0.3, -0.25) is 14.5 Å². The standard InChI is InChI=1S/C18H26N4O3/c1-25-16-4-2-15(3-5-16)22-13-14(12-17(22)23)18(24)20-8-11-21-9-6-19-7-10-21/h2-5,14,19H,6-13H2,1H3,(H,20,24). The molecule has 2 aliphatic rings. The van der Waals surface area contributed by atoms with E-state index in [2.05, 4.69) is 15.5 Å². The molecule has 2 heterocycles. The van der Waals surface area contributed by atoms with E-state index in [1.54, 1.807) is 12.0 Å². The van der Waals surface area contributed by atoms with Crippen LogP contribution in [0.5, 0.6) is 5.75 Å². The van der Waals surface area contributed by atoms with Gasteiger partial charge in [-0.05, 0) is 24.3 Å². The van der Waals surface area contributed by atoms with Crippen molar-refractivity contribution in [2.45, 2.75) is 6.42 Å². The van der Waals surface area contributed by atoms with E-state index in [9.17, 15) is 9.59 Å². The van der Waals surface area contributed by atoms with Gasteiger partial charge >= 0.3 is 0 Å². The first-order chi connectivity index (χ1) is 12.2. The lowest BCUT2D eigenvalue weighted by Gasteiger charge is -2.27. The highest BCUT2D eigenvalue weighted by molar-refractivity contribution is 6.00. The monoisotopic (exact) mass is 346 g/mol. The molecule has 2 amide bonds. The summed E-state index contributed by atoms with van der Waals surface area (Å²) in [4.78, 5) is 28.6. The average Bonchev–Trinajstić information content (AvgIpc) is 3.04. The van der Waals surface area contributed by atoms with Gasteiger partial charge in [-0.15, -0.1) is 0 Å². The normalized spacial score (nSPS) is 21.4. The van der Waals surface area contributed by atoms with Gasteiger partial charge in [0.05, 0.1) is 13.0 Å². The number of carbonyl (C=O) groups is 2. The van der Waals surface area contributed by atoms with Crippen molar-refractivity contribution in [2.75, 3.05) is 57.8 Å². The second-order valence-corrected chi connectivity index (χ2v) is 6.49. The summed E-state index contributed by atoms with van der Waals surface area (Å²) in [6.45, 7) is 5.96. The quantitative estimate of drug-likeness (QED) is 0.763. The third kappa shape index (κ3) is 4.49. The van der Waals surface area contributed by atoms with Crippen LogP contribution in [-0.2, 0) is 9.59 Å². The summed E-state index contributed by atoms with van der Waals surface area (Å²) in [6.07, 6.45) is 0.269. The first kappa shape index (κ1) is 17.7. The summed E-state index contributed by atoms with van der Waals surface area (Å²) in [5.74, 6) is 0.433. The number of piperazine rings is 1. The Balaban J connectivity index is 1.48. The fourth-order valence-electron chi connectivity index (χ4n) is 3.31. The molecular weight excluding hydrogens is 320 g/mol. The minimum Gasteiger partial charge on any atom is -0.497 e. The van der Waals surface area contributed by atoms with E-state index in [4.69, 9.17) is 4.74 Å². The molecule has 3 rings (SSSR count). The Morgan fingerprint density at radius 3 is 2.68 bits per heavy atom. The molecule has 2 N–H and O–H groups in total. The van der Waals surface area contributed by atoms with Gasteiger partial charge in [0.1, 0.15) is 5.75 Å². The molecule has 1 atom stereocenters. The van der Waals surface area contributed by atoms with Crippen molar-refractivity contribution in [2.24, 2.45) is 5.92 Å². The Morgan fingerprint density at radius 1 is 1.28 bits per heavy atom. The lowest BCUT2D eigenvalue weighted by Crippen LogP contribution is -2.46. The van der Waals surface area contributed by atoms with Crippen molar-refractivity contribution < 1.29 is 14.3 Å². The van der Waals surface area contributed by atoms with Crippen LogP contribution >= 0.6 is 0 Å². The highest BCUT2D eigenvalue weighted by Gasteiger charge is 2.35. The molecule has 136 valence electrons. The third-order valence-corrected chi connectivity index (χ3v) is 4.82. The van der Waals surface area contributed by atoms with Crippen LogP contribution in [0.1, 0.15) is 6.42 Å². The maximum absolute atomic E-state index is 12.4. The van der Waals surface area contributed by atoms with E-state index in [0.29, 0.717) is 13.1 Å². The molecule has 0 spiro atoms. The second kappa shape index (κ2) is 8.31. The van der Waals surface area contributed by atoms with Crippen molar-refractivity contribution in [3.63, 3.8) is 0 Å². The highest BCUT2D eigenvalue weighted by atomic mass is 16.5. The van der Waals surface area contributed by atoms with Gasteiger partial charge in [-0.25, -0.2) is 0 Å². The number of methoxy groups -OCH3 is 1. The molecule has 2 aliphatic heterocycles. The molecule has 0 saturated carbocycles. The summed E-state index contributed by atoms with van der Waals surface area (Å²) < 4.78 is 5.14. The molecule has 2 saturated heterocycles. The van der Waals surface area contributed by atoms with Crippen LogP contribution in [0.25, 0.3) is 0 Å². The smallest absolute Gasteiger partial charge is 0.227 e. The minimum absolute atomic E-state index is 0.00702. The molecule has 1 unspecified atom stereocenters. The van der Waals surface area contributed by atoms with Crippen LogP contribution in [-0.4, -0.2) is 69.6 Å². The lowest BCUT2D eigenvalue weighted by atomic mass is 10.1. The number of nitrogens with one attached hydrogen (secondary N) is 2. The number of nitrogens with zero attached hydrogens (tertiary/aromatic N) is 2. The number of rotatable bonds is 6. The second-order valence-electron chi connectivity index (χ2n) is 6.49. The number of carbonyl (C=O) groups excluding carboxylic acids is 2. The lowest BCUT2D eigenvalue weighted by molar-refractivity contribution is -0.126. The number of anilines is 1. The molecule has 1 aromatic rings. The van der Waals surface area contributed by atoms with Crippen molar-refractivity contribution in [3.8, 4) is 5.75 Å². The summed E-state index contributed by atoms with van der Waals surface area (Å²) in [7, 11) is 1.61. The van der Waals surface area contributed by atoms with Crippen molar-refractivity contribution in [1.82, 2.24) is 15.5 Å². The first-order valence-corrected chi connectivity index (χ1v) is 8.82. The Hall–Kier alpha value is -2.12. The van der Waals surface area contributed by atoms with Crippen LogP contribution in [0.4, 0.5) is 5.69 Å². The number of ether oxygens (including phenoxy) is 1. The highest BCUT2D eigenvalue weighted by Crippen LogP contribution is 2.26. The van der Waals surface area contributed by atoms with E-state index >= 15 is 0 Å². The Labute approximate surface area is 148 Å². The third-order valence-electron chi connectivity index (χ3n) is 4.82. The number of hydrogen-bond donors (Lipinski definition) is 2. The Kier molecular flexibility index (Phi) is 5.88. The molecule has 0 aromatic heterocycles. The van der Waals surface area contributed by atoms with Gasteiger partial charge in [0.25, 0.3) is 0 Å². The zero-order valence-electron chi connectivity index (χ0n) is 14.7. The summed E-state index contributed by atoms with van der Waals surface area (Å²) in [6, 6.07) is 7.34. The predicted octanol–water partition coefficient (Wildman–Crippen LogP) is 0.0695. The Morgan fingerprint density at radius 2 is 2.00 bits per heavy atom. The fourth-order valence-corrected chi connectivity index (χ4v) is 3.31. The van der Waals surface area contributed by atoms with Gasteiger partial charge in [0.15, 0.2) is 0 Å². The molecule has 1 aromatic carbocycles. The van der Waals surface area contributed by atoms with Crippen LogP contribution in [0.2, 0.25) is 0 Å². The summed E-state index contributed by atoms with van der Waals surface area (Å²) >= 11 is 0. The molecule has 7 nitrogen and oxygen atoms in total. The van der Waals surface area contributed by atoms with Gasteiger partial charge in [-0.1, -0.05) is 0 Å². The maximum Gasteiger partial charge on any atom is 0.227 e. The van der Waals surface area contributed by atoms with E-state index in [1.165, 1.54) is 0 Å². The number of benzene rings is 1.